The third kappa shape index (κ3) is 3.41. The van der Waals surface area contributed by atoms with Gasteiger partial charge in [0.2, 0.25) is 0 Å². The lowest BCUT2D eigenvalue weighted by Gasteiger charge is -2.18. The Bertz CT molecular complexity index is 475. The van der Waals surface area contributed by atoms with Crippen LogP contribution in [0.3, 0.4) is 0 Å². The van der Waals surface area contributed by atoms with E-state index in [0.29, 0.717) is 6.07 Å². The third-order valence-corrected chi connectivity index (χ3v) is 2.08. The van der Waals surface area contributed by atoms with Crippen LogP contribution < -0.4 is 10.9 Å². The van der Waals surface area contributed by atoms with Gasteiger partial charge in [-0.2, -0.15) is 26.3 Å². The highest BCUT2D eigenvalue weighted by atomic mass is 19.4. The average molecular weight is 274 g/mol. The van der Waals surface area contributed by atoms with E-state index in [9.17, 15) is 31.1 Å². The van der Waals surface area contributed by atoms with Gasteiger partial charge in [0.1, 0.15) is 11.6 Å². The first kappa shape index (κ1) is 14.4. The highest BCUT2D eigenvalue weighted by molar-refractivity contribution is 5.44. The van der Waals surface area contributed by atoms with Gasteiger partial charge in [0, 0.05) is 6.20 Å². The summed E-state index contributed by atoms with van der Waals surface area (Å²) in [6, 6.07) is -1.70. The summed E-state index contributed by atoms with van der Waals surface area (Å²) in [7, 11) is 0. The minimum atomic E-state index is -4.92. The molecule has 0 amide bonds. The van der Waals surface area contributed by atoms with Crippen LogP contribution in [0.5, 0.6) is 0 Å². The number of nitrogens with one attached hydrogen (secondary N) is 2. The SMILES string of the molecule is CC(Nc1c[nH]c(=O)c(C(F)(F)F)c1)C(F)(F)F. The van der Waals surface area contributed by atoms with E-state index < -0.39 is 35.2 Å². The molecule has 9 heteroatoms. The molecule has 1 unspecified atom stereocenters. The molecule has 0 aliphatic carbocycles. The van der Waals surface area contributed by atoms with Gasteiger partial charge in [-0.05, 0) is 13.0 Å². The van der Waals surface area contributed by atoms with E-state index in [4.69, 9.17) is 0 Å². The number of pyridine rings is 1. The van der Waals surface area contributed by atoms with Crippen LogP contribution in [0, 0.1) is 0 Å². The van der Waals surface area contributed by atoms with Gasteiger partial charge in [0.25, 0.3) is 5.56 Å². The zero-order valence-corrected chi connectivity index (χ0v) is 8.91. The Morgan fingerprint density at radius 2 is 1.78 bits per heavy atom. The van der Waals surface area contributed by atoms with Crippen LogP contribution in [0.1, 0.15) is 12.5 Å². The van der Waals surface area contributed by atoms with Crippen molar-refractivity contribution in [3.05, 3.63) is 28.2 Å². The number of alkyl halides is 6. The second-order valence-electron chi connectivity index (χ2n) is 3.54. The van der Waals surface area contributed by atoms with Crippen molar-refractivity contribution in [1.29, 1.82) is 0 Å². The fourth-order valence-electron chi connectivity index (χ4n) is 1.11. The number of halogens is 6. The highest BCUT2D eigenvalue weighted by Gasteiger charge is 2.37. The Hall–Kier alpha value is -1.67. The van der Waals surface area contributed by atoms with Crippen molar-refractivity contribution in [3.63, 3.8) is 0 Å². The van der Waals surface area contributed by atoms with Crippen molar-refractivity contribution in [2.24, 2.45) is 0 Å². The van der Waals surface area contributed by atoms with Crippen LogP contribution >= 0.6 is 0 Å². The van der Waals surface area contributed by atoms with E-state index in [-0.39, 0.29) is 0 Å². The fourth-order valence-corrected chi connectivity index (χ4v) is 1.11. The molecule has 3 nitrogen and oxygen atoms in total. The number of aromatic amines is 1. The summed E-state index contributed by atoms with van der Waals surface area (Å²) in [4.78, 5) is 12.6. The lowest BCUT2D eigenvalue weighted by molar-refractivity contribution is -0.138. The van der Waals surface area contributed by atoms with E-state index in [0.717, 1.165) is 13.1 Å². The summed E-state index contributed by atoms with van der Waals surface area (Å²) in [6.45, 7) is 0.748. The van der Waals surface area contributed by atoms with Crippen LogP contribution in [0.2, 0.25) is 0 Å². The fraction of sp³-hybridized carbons (Fsp3) is 0.444. The van der Waals surface area contributed by atoms with Gasteiger partial charge in [0.05, 0.1) is 5.69 Å². The minimum Gasteiger partial charge on any atom is -0.373 e. The first-order chi connectivity index (χ1) is 8.01. The van der Waals surface area contributed by atoms with Crippen molar-refractivity contribution < 1.29 is 26.3 Å². The summed E-state index contributed by atoms with van der Waals surface area (Å²) in [5.74, 6) is 0. The Labute approximate surface area is 96.8 Å². The van der Waals surface area contributed by atoms with Gasteiger partial charge in [-0.15, -0.1) is 0 Å². The highest BCUT2D eigenvalue weighted by Crippen LogP contribution is 2.29. The predicted molar refractivity (Wildman–Crippen MR) is 51.2 cm³/mol. The molecule has 0 aromatic carbocycles. The molecule has 0 aliphatic rings. The normalized spacial score (nSPS) is 14.4. The molecule has 0 fully saturated rings. The zero-order valence-electron chi connectivity index (χ0n) is 8.91. The molecule has 1 aromatic heterocycles. The molecule has 2 N–H and O–H groups in total. The van der Waals surface area contributed by atoms with Crippen LogP contribution in [-0.4, -0.2) is 17.2 Å². The number of hydrogen-bond donors (Lipinski definition) is 2. The Morgan fingerprint density at radius 1 is 1.22 bits per heavy atom. The molecule has 0 saturated heterocycles. The number of aromatic nitrogens is 1. The monoisotopic (exact) mass is 274 g/mol. The van der Waals surface area contributed by atoms with E-state index in [1.165, 1.54) is 0 Å². The minimum absolute atomic E-state index is 0.334. The second-order valence-corrected chi connectivity index (χ2v) is 3.54. The summed E-state index contributed by atoms with van der Waals surface area (Å²) in [5, 5.41) is 1.83. The lowest BCUT2D eigenvalue weighted by atomic mass is 10.2. The van der Waals surface area contributed by atoms with Crippen molar-refractivity contribution in [1.82, 2.24) is 4.98 Å². The number of anilines is 1. The summed E-state index contributed by atoms with van der Waals surface area (Å²) >= 11 is 0. The smallest absolute Gasteiger partial charge is 0.373 e. The van der Waals surface area contributed by atoms with Crippen molar-refractivity contribution >= 4 is 5.69 Å². The molecule has 0 bridgehead atoms. The second kappa shape index (κ2) is 4.54. The van der Waals surface area contributed by atoms with E-state index in [1.54, 1.807) is 4.98 Å². The largest absolute Gasteiger partial charge is 0.421 e. The molecule has 0 saturated carbocycles. The van der Waals surface area contributed by atoms with Gasteiger partial charge in [-0.25, -0.2) is 0 Å². The summed E-state index contributed by atoms with van der Waals surface area (Å²) in [6.07, 6.45) is -8.78. The molecule has 0 spiro atoms. The standard InChI is InChI=1S/C9H8F6N2O/c1-4(8(10,11)12)17-5-2-6(9(13,14)15)7(18)16-3-5/h2-4,17H,1H3,(H,16,18). The first-order valence-electron chi connectivity index (χ1n) is 4.65. The molecule has 1 heterocycles. The van der Waals surface area contributed by atoms with Crippen molar-refractivity contribution in [3.8, 4) is 0 Å². The van der Waals surface area contributed by atoms with Crippen LogP contribution in [0.4, 0.5) is 32.0 Å². The molecule has 0 aliphatic heterocycles. The zero-order chi connectivity index (χ0) is 14.1. The van der Waals surface area contributed by atoms with E-state index in [2.05, 4.69) is 0 Å². The first-order valence-corrected chi connectivity index (χ1v) is 4.65. The van der Waals surface area contributed by atoms with Gasteiger partial charge in [0.15, 0.2) is 0 Å². The number of H-pyrrole nitrogens is 1. The summed E-state index contributed by atoms with van der Waals surface area (Å²) in [5.41, 5.74) is -3.43. The van der Waals surface area contributed by atoms with Crippen molar-refractivity contribution in [2.75, 3.05) is 5.32 Å². The van der Waals surface area contributed by atoms with Crippen LogP contribution in [-0.2, 0) is 6.18 Å². The Balaban J connectivity index is 3.04. The molecule has 18 heavy (non-hydrogen) atoms. The maximum Gasteiger partial charge on any atom is 0.421 e. The lowest BCUT2D eigenvalue weighted by Crippen LogP contribution is -2.33. The quantitative estimate of drug-likeness (QED) is 0.814. The van der Waals surface area contributed by atoms with Crippen LogP contribution in [0.15, 0.2) is 17.1 Å². The van der Waals surface area contributed by atoms with Gasteiger partial charge in [-0.3, -0.25) is 4.79 Å². The predicted octanol–water partition coefficient (Wildman–Crippen LogP) is 2.76. The molecule has 1 atom stereocenters. The van der Waals surface area contributed by atoms with Gasteiger partial charge >= 0.3 is 12.4 Å². The molecule has 1 rings (SSSR count). The Kier molecular flexibility index (Phi) is 3.63. The van der Waals surface area contributed by atoms with E-state index in [1.807, 2.05) is 5.32 Å². The molecular weight excluding hydrogens is 266 g/mol. The molecular formula is C9H8F6N2O. The number of hydrogen-bond acceptors (Lipinski definition) is 2. The molecule has 1 aromatic rings. The topological polar surface area (TPSA) is 44.9 Å². The maximum absolute atomic E-state index is 12.3. The summed E-state index contributed by atoms with van der Waals surface area (Å²) < 4.78 is 73.6. The third-order valence-electron chi connectivity index (χ3n) is 2.08. The maximum atomic E-state index is 12.3. The molecule has 102 valence electrons. The van der Waals surface area contributed by atoms with Crippen LogP contribution in [0.25, 0.3) is 0 Å². The van der Waals surface area contributed by atoms with Gasteiger partial charge in [-0.1, -0.05) is 0 Å². The average Bonchev–Trinajstić information content (AvgIpc) is 2.17. The van der Waals surface area contributed by atoms with Crippen molar-refractivity contribution in [2.45, 2.75) is 25.3 Å². The van der Waals surface area contributed by atoms with Gasteiger partial charge < -0.3 is 10.3 Å². The molecule has 0 radical (unpaired) electrons. The van der Waals surface area contributed by atoms with E-state index >= 15 is 0 Å². The Morgan fingerprint density at radius 3 is 2.22 bits per heavy atom. The number of rotatable bonds is 2.